The van der Waals surface area contributed by atoms with Gasteiger partial charge < -0.3 is 14.4 Å². The summed E-state index contributed by atoms with van der Waals surface area (Å²) in [5.41, 5.74) is 2.44. The maximum atomic E-state index is 11.8. The molecule has 0 aliphatic rings. The monoisotopic (exact) mass is 273 g/mol. The van der Waals surface area contributed by atoms with Crippen molar-refractivity contribution in [2.24, 2.45) is 0 Å². The van der Waals surface area contributed by atoms with Gasteiger partial charge in [-0.15, -0.1) is 0 Å². The quantitative estimate of drug-likeness (QED) is 0.929. The molecule has 1 aromatic heterocycles. The lowest BCUT2D eigenvalue weighted by Gasteiger charge is -2.18. The maximum Gasteiger partial charge on any atom is 0.250 e. The predicted octanol–water partition coefficient (Wildman–Crippen LogP) is 2.21. The Morgan fingerprint density at radius 3 is 2.65 bits per heavy atom. The van der Waals surface area contributed by atoms with Crippen LogP contribution in [0, 0.1) is 13.8 Å². The van der Waals surface area contributed by atoms with Crippen LogP contribution in [-0.2, 0) is 6.54 Å². The van der Waals surface area contributed by atoms with Crippen LogP contribution in [0.4, 0.5) is 0 Å². The van der Waals surface area contributed by atoms with E-state index in [-0.39, 0.29) is 12.1 Å². The molecule has 106 valence electrons. The lowest BCUT2D eigenvalue weighted by Crippen LogP contribution is -2.24. The highest BCUT2D eigenvalue weighted by atomic mass is 16.5. The first-order valence-electron chi connectivity index (χ1n) is 6.52. The van der Waals surface area contributed by atoms with Crippen LogP contribution in [0.25, 0.3) is 0 Å². The van der Waals surface area contributed by atoms with Crippen LogP contribution in [0.15, 0.2) is 41.2 Å². The third-order valence-corrected chi connectivity index (χ3v) is 3.37. The van der Waals surface area contributed by atoms with E-state index < -0.39 is 6.10 Å². The predicted molar refractivity (Wildman–Crippen MR) is 78.1 cm³/mol. The average molecular weight is 273 g/mol. The van der Waals surface area contributed by atoms with Crippen LogP contribution >= 0.6 is 0 Å². The number of benzene rings is 1. The SMILES string of the molecule is COc1ccc(C)cc1C(O)Cn1c(C)cccc1=O. The van der Waals surface area contributed by atoms with E-state index in [1.807, 2.05) is 38.1 Å². The van der Waals surface area contributed by atoms with Crippen molar-refractivity contribution in [3.8, 4) is 5.75 Å². The molecule has 0 amide bonds. The summed E-state index contributed by atoms with van der Waals surface area (Å²) < 4.78 is 6.83. The number of hydrogen-bond acceptors (Lipinski definition) is 3. The van der Waals surface area contributed by atoms with Gasteiger partial charge in [-0.05, 0) is 32.0 Å². The second-order valence-corrected chi connectivity index (χ2v) is 4.88. The van der Waals surface area contributed by atoms with Crippen molar-refractivity contribution in [2.75, 3.05) is 7.11 Å². The Hall–Kier alpha value is -2.07. The van der Waals surface area contributed by atoms with Crippen molar-refractivity contribution in [2.45, 2.75) is 26.5 Å². The molecule has 4 heteroatoms. The Morgan fingerprint density at radius 1 is 1.25 bits per heavy atom. The summed E-state index contributed by atoms with van der Waals surface area (Å²) in [7, 11) is 1.57. The Morgan fingerprint density at radius 2 is 2.00 bits per heavy atom. The third-order valence-electron chi connectivity index (χ3n) is 3.37. The number of pyridine rings is 1. The zero-order valence-electron chi connectivity index (χ0n) is 12.0. The number of ether oxygens (including phenoxy) is 1. The molecule has 0 radical (unpaired) electrons. The second-order valence-electron chi connectivity index (χ2n) is 4.88. The molecule has 0 saturated heterocycles. The second kappa shape index (κ2) is 5.92. The van der Waals surface area contributed by atoms with Crippen LogP contribution in [0.3, 0.4) is 0 Å². The van der Waals surface area contributed by atoms with Gasteiger partial charge in [0.05, 0.1) is 13.7 Å². The van der Waals surface area contributed by atoms with Crippen molar-refractivity contribution in [3.63, 3.8) is 0 Å². The van der Waals surface area contributed by atoms with E-state index in [1.165, 1.54) is 6.07 Å². The fourth-order valence-electron chi connectivity index (χ4n) is 2.24. The van der Waals surface area contributed by atoms with Gasteiger partial charge in [0, 0.05) is 17.3 Å². The zero-order chi connectivity index (χ0) is 14.7. The number of nitrogens with zero attached hydrogens (tertiary/aromatic N) is 1. The van der Waals surface area contributed by atoms with Crippen LogP contribution in [0.5, 0.6) is 5.75 Å². The first kappa shape index (κ1) is 14.3. The van der Waals surface area contributed by atoms with Gasteiger partial charge in [-0.3, -0.25) is 4.79 Å². The minimum absolute atomic E-state index is 0.115. The van der Waals surface area contributed by atoms with Gasteiger partial charge in [-0.25, -0.2) is 0 Å². The van der Waals surface area contributed by atoms with E-state index in [1.54, 1.807) is 17.7 Å². The molecule has 4 nitrogen and oxygen atoms in total. The molecule has 0 spiro atoms. The molecule has 1 aromatic carbocycles. The van der Waals surface area contributed by atoms with Gasteiger partial charge in [0.2, 0.25) is 0 Å². The van der Waals surface area contributed by atoms with E-state index in [9.17, 15) is 9.90 Å². The van der Waals surface area contributed by atoms with Crippen molar-refractivity contribution in [3.05, 3.63) is 63.6 Å². The lowest BCUT2D eigenvalue weighted by molar-refractivity contribution is 0.150. The standard InChI is InChI=1S/C16H19NO3/c1-11-7-8-15(20-3)13(9-11)14(18)10-17-12(2)5-4-6-16(17)19/h4-9,14,18H,10H2,1-3H3. The summed E-state index contributed by atoms with van der Waals surface area (Å²) in [5, 5.41) is 10.4. The summed E-state index contributed by atoms with van der Waals surface area (Å²) in [6, 6.07) is 10.7. The maximum absolute atomic E-state index is 11.8. The van der Waals surface area contributed by atoms with Gasteiger partial charge in [0.25, 0.3) is 5.56 Å². The van der Waals surface area contributed by atoms with Gasteiger partial charge in [-0.1, -0.05) is 17.7 Å². The molecule has 1 N–H and O–H groups in total. The molecule has 2 aromatic rings. The van der Waals surface area contributed by atoms with Crippen LogP contribution in [0.1, 0.15) is 22.9 Å². The van der Waals surface area contributed by atoms with Gasteiger partial charge in [0.1, 0.15) is 11.9 Å². The Bertz CT molecular complexity index is 661. The molecule has 1 heterocycles. The number of rotatable bonds is 4. The fourth-order valence-corrected chi connectivity index (χ4v) is 2.24. The number of aromatic nitrogens is 1. The van der Waals surface area contributed by atoms with Gasteiger partial charge in [0.15, 0.2) is 0 Å². The summed E-state index contributed by atoms with van der Waals surface area (Å²) in [5.74, 6) is 0.629. The van der Waals surface area contributed by atoms with E-state index in [0.29, 0.717) is 11.3 Å². The normalized spacial score (nSPS) is 12.2. The molecular formula is C16H19NO3. The number of aryl methyl sites for hydroxylation is 2. The molecule has 0 aliphatic heterocycles. The Balaban J connectivity index is 2.35. The number of hydrogen-bond donors (Lipinski definition) is 1. The third kappa shape index (κ3) is 2.91. The Labute approximate surface area is 118 Å². The van der Waals surface area contributed by atoms with Gasteiger partial charge >= 0.3 is 0 Å². The summed E-state index contributed by atoms with van der Waals surface area (Å²) in [4.78, 5) is 11.8. The first-order chi connectivity index (χ1) is 9.52. The largest absolute Gasteiger partial charge is 0.496 e. The minimum Gasteiger partial charge on any atom is -0.496 e. The number of aliphatic hydroxyl groups is 1. The molecule has 20 heavy (non-hydrogen) atoms. The van der Waals surface area contributed by atoms with Crippen LogP contribution in [0.2, 0.25) is 0 Å². The van der Waals surface area contributed by atoms with E-state index in [2.05, 4.69) is 0 Å². The molecule has 1 unspecified atom stereocenters. The van der Waals surface area contributed by atoms with Crippen molar-refractivity contribution >= 4 is 0 Å². The molecule has 0 saturated carbocycles. The summed E-state index contributed by atoms with van der Waals surface area (Å²) in [6.45, 7) is 4.02. The highest BCUT2D eigenvalue weighted by Crippen LogP contribution is 2.27. The highest BCUT2D eigenvalue weighted by molar-refractivity contribution is 5.38. The van der Waals surface area contributed by atoms with E-state index in [0.717, 1.165) is 11.3 Å². The number of aliphatic hydroxyl groups excluding tert-OH is 1. The molecular weight excluding hydrogens is 254 g/mol. The van der Waals surface area contributed by atoms with E-state index >= 15 is 0 Å². The Kier molecular flexibility index (Phi) is 4.25. The van der Waals surface area contributed by atoms with Gasteiger partial charge in [-0.2, -0.15) is 0 Å². The van der Waals surface area contributed by atoms with Crippen molar-refractivity contribution < 1.29 is 9.84 Å². The average Bonchev–Trinajstić information content (AvgIpc) is 2.43. The van der Waals surface area contributed by atoms with Crippen LogP contribution < -0.4 is 10.3 Å². The fraction of sp³-hybridized carbons (Fsp3) is 0.312. The molecule has 1 atom stereocenters. The first-order valence-corrected chi connectivity index (χ1v) is 6.52. The van der Waals surface area contributed by atoms with E-state index in [4.69, 9.17) is 4.74 Å². The lowest BCUT2D eigenvalue weighted by atomic mass is 10.0. The summed E-state index contributed by atoms with van der Waals surface area (Å²) >= 11 is 0. The molecule has 2 rings (SSSR count). The topological polar surface area (TPSA) is 51.5 Å². The minimum atomic E-state index is -0.788. The highest BCUT2D eigenvalue weighted by Gasteiger charge is 2.15. The smallest absolute Gasteiger partial charge is 0.250 e. The number of methoxy groups -OCH3 is 1. The molecule has 0 fully saturated rings. The summed E-state index contributed by atoms with van der Waals surface area (Å²) in [6.07, 6.45) is -0.788. The molecule has 0 aliphatic carbocycles. The van der Waals surface area contributed by atoms with Crippen molar-refractivity contribution in [1.82, 2.24) is 4.57 Å². The molecule has 0 bridgehead atoms. The zero-order valence-corrected chi connectivity index (χ0v) is 12.0. The van der Waals surface area contributed by atoms with Crippen LogP contribution in [-0.4, -0.2) is 16.8 Å². The van der Waals surface area contributed by atoms with Crippen molar-refractivity contribution in [1.29, 1.82) is 0 Å².